The van der Waals surface area contributed by atoms with Crippen LogP contribution >= 0.6 is 12.4 Å². The Labute approximate surface area is 113 Å². The maximum atomic E-state index is 11.6. The average molecular weight is 269 g/mol. The highest BCUT2D eigenvalue weighted by molar-refractivity contribution is 5.85. The number of nitrogens with two attached hydrogens (primary N) is 1. The van der Waals surface area contributed by atoms with Gasteiger partial charge in [-0.2, -0.15) is 5.26 Å². The van der Waals surface area contributed by atoms with Gasteiger partial charge in [-0.1, -0.05) is 12.1 Å². The van der Waals surface area contributed by atoms with E-state index in [1.54, 1.807) is 38.1 Å². The highest BCUT2D eigenvalue weighted by Gasteiger charge is 2.36. The number of methoxy groups -OCH3 is 1. The first-order valence-corrected chi connectivity index (χ1v) is 5.27. The van der Waals surface area contributed by atoms with Crippen molar-refractivity contribution in [3.05, 3.63) is 35.4 Å². The Bertz CT molecular complexity index is 449. The van der Waals surface area contributed by atoms with Gasteiger partial charge in [-0.05, 0) is 31.5 Å². The number of hydrogen-bond acceptors (Lipinski definition) is 4. The van der Waals surface area contributed by atoms with Crippen molar-refractivity contribution in [2.24, 2.45) is 11.1 Å². The molecule has 1 aromatic rings. The summed E-state index contributed by atoms with van der Waals surface area (Å²) in [6.45, 7) is 3.48. The molecule has 0 aliphatic carbocycles. The zero-order chi connectivity index (χ0) is 13.1. The molecule has 2 N–H and O–H groups in total. The molecule has 98 valence electrons. The van der Waals surface area contributed by atoms with Gasteiger partial charge in [0.25, 0.3) is 0 Å². The van der Waals surface area contributed by atoms with Gasteiger partial charge in [0.15, 0.2) is 0 Å². The molecule has 0 bridgehead atoms. The predicted molar refractivity (Wildman–Crippen MR) is 71.1 cm³/mol. The molecule has 0 saturated heterocycles. The molecule has 0 radical (unpaired) electrons. The molecule has 0 unspecified atom stereocenters. The van der Waals surface area contributed by atoms with Crippen molar-refractivity contribution in [2.45, 2.75) is 19.9 Å². The molecule has 0 aliphatic rings. The van der Waals surface area contributed by atoms with E-state index in [4.69, 9.17) is 15.7 Å². The van der Waals surface area contributed by atoms with Crippen LogP contribution in [0.25, 0.3) is 0 Å². The fourth-order valence-electron chi connectivity index (χ4n) is 1.57. The summed E-state index contributed by atoms with van der Waals surface area (Å²) in [7, 11) is 1.34. The van der Waals surface area contributed by atoms with E-state index in [0.29, 0.717) is 5.56 Å². The number of nitrogens with zero attached hydrogens (tertiary/aromatic N) is 1. The Morgan fingerprint density at radius 2 is 1.89 bits per heavy atom. The van der Waals surface area contributed by atoms with Crippen molar-refractivity contribution < 1.29 is 9.53 Å². The number of rotatable bonds is 3. The molecule has 0 amide bonds. The topological polar surface area (TPSA) is 76.1 Å². The fraction of sp³-hybridized carbons (Fsp3) is 0.385. The van der Waals surface area contributed by atoms with Gasteiger partial charge in [0.1, 0.15) is 0 Å². The zero-order valence-electron chi connectivity index (χ0n) is 10.6. The van der Waals surface area contributed by atoms with Crippen molar-refractivity contribution in [1.82, 2.24) is 0 Å². The molecule has 1 aromatic carbocycles. The van der Waals surface area contributed by atoms with Gasteiger partial charge in [0.05, 0.1) is 24.2 Å². The number of esters is 1. The SMILES string of the molecule is COC(=O)C(C)(C)[C@H](N)c1ccc(C#N)cc1.Cl. The summed E-state index contributed by atoms with van der Waals surface area (Å²) in [6, 6.07) is 8.45. The van der Waals surface area contributed by atoms with Gasteiger partial charge in [-0.15, -0.1) is 12.4 Å². The Kier molecular flexibility index (Phi) is 5.83. The summed E-state index contributed by atoms with van der Waals surface area (Å²) in [6.07, 6.45) is 0. The molecule has 18 heavy (non-hydrogen) atoms. The summed E-state index contributed by atoms with van der Waals surface area (Å²) in [4.78, 5) is 11.6. The third-order valence-corrected chi connectivity index (χ3v) is 2.89. The van der Waals surface area contributed by atoms with E-state index in [2.05, 4.69) is 0 Å². The van der Waals surface area contributed by atoms with Crippen molar-refractivity contribution in [1.29, 1.82) is 5.26 Å². The van der Waals surface area contributed by atoms with Crippen molar-refractivity contribution in [3.8, 4) is 6.07 Å². The highest BCUT2D eigenvalue weighted by Crippen LogP contribution is 2.32. The molecule has 5 heteroatoms. The van der Waals surface area contributed by atoms with Crippen molar-refractivity contribution in [3.63, 3.8) is 0 Å². The van der Waals surface area contributed by atoms with E-state index in [1.807, 2.05) is 6.07 Å². The van der Waals surface area contributed by atoms with Crippen LogP contribution < -0.4 is 5.73 Å². The third kappa shape index (κ3) is 3.22. The normalized spacial score (nSPS) is 11.9. The van der Waals surface area contributed by atoms with Crippen LogP contribution in [-0.2, 0) is 9.53 Å². The van der Waals surface area contributed by atoms with Crippen LogP contribution in [0, 0.1) is 16.7 Å². The van der Waals surface area contributed by atoms with Crippen molar-refractivity contribution >= 4 is 18.4 Å². The fourth-order valence-corrected chi connectivity index (χ4v) is 1.57. The predicted octanol–water partition coefficient (Wildman–Crippen LogP) is 2.18. The molecule has 1 atom stereocenters. The lowest BCUT2D eigenvalue weighted by Gasteiger charge is -2.28. The number of nitriles is 1. The molecular formula is C13H17ClN2O2. The third-order valence-electron chi connectivity index (χ3n) is 2.89. The van der Waals surface area contributed by atoms with Gasteiger partial charge in [0, 0.05) is 6.04 Å². The summed E-state index contributed by atoms with van der Waals surface area (Å²) in [5.74, 6) is -0.352. The van der Waals surface area contributed by atoms with E-state index < -0.39 is 11.5 Å². The molecule has 0 heterocycles. The minimum atomic E-state index is -0.803. The van der Waals surface area contributed by atoms with E-state index in [-0.39, 0.29) is 18.4 Å². The van der Waals surface area contributed by atoms with E-state index in [1.165, 1.54) is 7.11 Å². The zero-order valence-corrected chi connectivity index (χ0v) is 11.5. The van der Waals surface area contributed by atoms with Crippen LogP contribution in [0.3, 0.4) is 0 Å². The smallest absolute Gasteiger partial charge is 0.313 e. The van der Waals surface area contributed by atoms with Gasteiger partial charge < -0.3 is 10.5 Å². The first-order valence-electron chi connectivity index (χ1n) is 5.27. The van der Waals surface area contributed by atoms with E-state index >= 15 is 0 Å². The van der Waals surface area contributed by atoms with Crippen molar-refractivity contribution in [2.75, 3.05) is 7.11 Å². The molecule has 0 saturated carbocycles. The van der Waals surface area contributed by atoms with Gasteiger partial charge in [-0.25, -0.2) is 0 Å². The summed E-state index contributed by atoms with van der Waals surface area (Å²) >= 11 is 0. The number of halogens is 1. The maximum absolute atomic E-state index is 11.6. The maximum Gasteiger partial charge on any atom is 0.313 e. The molecule has 1 rings (SSSR count). The molecule has 0 fully saturated rings. The molecular weight excluding hydrogens is 252 g/mol. The van der Waals surface area contributed by atoms with Gasteiger partial charge in [-0.3, -0.25) is 4.79 Å². The van der Waals surface area contributed by atoms with Crippen LogP contribution in [0.15, 0.2) is 24.3 Å². The van der Waals surface area contributed by atoms with E-state index in [0.717, 1.165) is 5.56 Å². The quantitative estimate of drug-likeness (QED) is 0.853. The van der Waals surface area contributed by atoms with Gasteiger partial charge >= 0.3 is 5.97 Å². The lowest BCUT2D eigenvalue weighted by molar-refractivity contribution is -0.152. The standard InChI is InChI=1S/C13H16N2O2.ClH/c1-13(2,12(16)17-3)11(15)10-6-4-9(8-14)5-7-10;/h4-7,11H,15H2,1-3H3;1H/t11-;/m1./s1. The number of benzene rings is 1. The number of hydrogen-bond donors (Lipinski definition) is 1. The number of carbonyl (C=O) groups excluding carboxylic acids is 1. The summed E-state index contributed by atoms with van der Waals surface area (Å²) < 4.78 is 4.73. The number of carbonyl (C=O) groups is 1. The van der Waals surface area contributed by atoms with Crippen LogP contribution in [-0.4, -0.2) is 13.1 Å². The van der Waals surface area contributed by atoms with E-state index in [9.17, 15) is 4.79 Å². The first-order chi connectivity index (χ1) is 7.93. The largest absolute Gasteiger partial charge is 0.469 e. The monoisotopic (exact) mass is 268 g/mol. The number of ether oxygens (including phenoxy) is 1. The molecule has 4 nitrogen and oxygen atoms in total. The van der Waals surface area contributed by atoms with Crippen LogP contribution in [0.1, 0.15) is 31.0 Å². The molecule has 0 aromatic heterocycles. The lowest BCUT2D eigenvalue weighted by atomic mass is 9.81. The van der Waals surface area contributed by atoms with Gasteiger partial charge in [0.2, 0.25) is 0 Å². The highest BCUT2D eigenvalue weighted by atomic mass is 35.5. The Balaban J connectivity index is 0.00000289. The second-order valence-corrected chi connectivity index (χ2v) is 4.42. The average Bonchev–Trinajstić information content (AvgIpc) is 2.36. The minimum Gasteiger partial charge on any atom is -0.469 e. The Morgan fingerprint density at radius 3 is 2.28 bits per heavy atom. The summed E-state index contributed by atoms with van der Waals surface area (Å²) in [5.41, 5.74) is 6.63. The summed E-state index contributed by atoms with van der Waals surface area (Å²) in [5, 5.41) is 8.70. The molecule has 0 spiro atoms. The Hall–Kier alpha value is -1.57. The van der Waals surface area contributed by atoms with Crippen LogP contribution in [0.4, 0.5) is 0 Å². The minimum absolute atomic E-state index is 0. The second kappa shape index (κ2) is 6.39. The first kappa shape index (κ1) is 16.4. The Morgan fingerprint density at radius 1 is 1.39 bits per heavy atom. The second-order valence-electron chi connectivity index (χ2n) is 4.42. The lowest BCUT2D eigenvalue weighted by Crippen LogP contribution is -2.37. The van der Waals surface area contributed by atoms with Crippen LogP contribution in [0.2, 0.25) is 0 Å². The molecule has 0 aliphatic heterocycles. The van der Waals surface area contributed by atoms with Crippen LogP contribution in [0.5, 0.6) is 0 Å².